The van der Waals surface area contributed by atoms with Gasteiger partial charge in [-0.2, -0.15) is 0 Å². The highest BCUT2D eigenvalue weighted by Gasteiger charge is 2.31. The summed E-state index contributed by atoms with van der Waals surface area (Å²) < 4.78 is 22.8. The van der Waals surface area contributed by atoms with Gasteiger partial charge in [0.15, 0.2) is 0 Å². The van der Waals surface area contributed by atoms with Crippen molar-refractivity contribution in [1.82, 2.24) is 4.57 Å². The van der Waals surface area contributed by atoms with Crippen LogP contribution in [-0.4, -0.2) is 50.1 Å². The first-order chi connectivity index (χ1) is 21.0. The van der Waals surface area contributed by atoms with Gasteiger partial charge >= 0.3 is 5.97 Å². The van der Waals surface area contributed by atoms with Crippen LogP contribution in [0.5, 0.6) is 0 Å². The van der Waals surface area contributed by atoms with Crippen LogP contribution in [0.3, 0.4) is 0 Å². The quantitative estimate of drug-likeness (QED) is 0.109. The number of benzene rings is 3. The summed E-state index contributed by atoms with van der Waals surface area (Å²) in [4.78, 5) is 16.1. The van der Waals surface area contributed by atoms with Gasteiger partial charge in [-0.05, 0) is 80.1 Å². The van der Waals surface area contributed by atoms with Gasteiger partial charge in [-0.15, -0.1) is 0 Å². The summed E-state index contributed by atoms with van der Waals surface area (Å²) in [7, 11) is 0. The van der Waals surface area contributed by atoms with Gasteiger partial charge in [0.1, 0.15) is 5.82 Å². The zero-order chi connectivity index (χ0) is 31.8. The Balaban J connectivity index is 2.01. The van der Waals surface area contributed by atoms with Gasteiger partial charge in [0, 0.05) is 17.8 Å². The monoisotopic (exact) mass is 600 g/mol. The second kappa shape index (κ2) is 14.9. The molecule has 4 rings (SSSR count). The first kappa shape index (κ1) is 32.6. The second-order valence-corrected chi connectivity index (χ2v) is 11.5. The minimum Gasteiger partial charge on any atom is -0.481 e. The number of nitrogens with zero attached hydrogens (tertiary/aromatic N) is 2. The molecular formula is C36H41FN2O5. The molecule has 7 nitrogen and oxygen atoms in total. The van der Waals surface area contributed by atoms with Gasteiger partial charge in [0.2, 0.25) is 5.90 Å². The van der Waals surface area contributed by atoms with Crippen molar-refractivity contribution < 1.29 is 29.2 Å². The number of para-hydroxylation sites is 1. The molecule has 0 saturated carbocycles. The summed E-state index contributed by atoms with van der Waals surface area (Å²) in [6.07, 6.45) is -2.54. The number of carboxylic acids is 1. The number of carboxylic acid groups (broad SMARTS) is 1. The molecule has 0 unspecified atom stereocenters. The van der Waals surface area contributed by atoms with Gasteiger partial charge in [-0.3, -0.25) is 4.79 Å². The highest BCUT2D eigenvalue weighted by molar-refractivity contribution is 6.07. The van der Waals surface area contributed by atoms with Crippen molar-refractivity contribution in [2.24, 2.45) is 4.99 Å². The molecule has 0 radical (unpaired) electrons. The molecule has 3 N–H and O–H groups in total. The fraction of sp³-hybridized carbons (Fsp3) is 0.333. The fourth-order valence-electron chi connectivity index (χ4n) is 5.46. The van der Waals surface area contributed by atoms with Gasteiger partial charge in [0.25, 0.3) is 0 Å². The van der Waals surface area contributed by atoms with Crippen LogP contribution in [0.4, 0.5) is 10.1 Å². The molecule has 8 heteroatoms. The number of halogens is 1. The van der Waals surface area contributed by atoms with Gasteiger partial charge in [0.05, 0.1) is 41.7 Å². The van der Waals surface area contributed by atoms with Crippen LogP contribution in [0.2, 0.25) is 0 Å². The molecule has 0 bridgehead atoms. The Hall–Kier alpha value is -4.27. The Bertz CT molecular complexity index is 1550. The predicted octanol–water partition coefficient (Wildman–Crippen LogP) is 7.56. The molecule has 4 aromatic rings. The van der Waals surface area contributed by atoms with E-state index in [9.17, 15) is 19.4 Å². The zero-order valence-corrected chi connectivity index (χ0v) is 25.7. The molecule has 3 aromatic carbocycles. The number of ether oxygens (including phenoxy) is 1. The maximum absolute atomic E-state index is 14.2. The molecule has 0 amide bonds. The minimum absolute atomic E-state index is 0.0202. The molecule has 232 valence electrons. The third-order valence-corrected chi connectivity index (χ3v) is 7.22. The van der Waals surface area contributed by atoms with Crippen molar-refractivity contribution in [2.45, 2.75) is 77.7 Å². The Morgan fingerprint density at radius 3 is 2.05 bits per heavy atom. The summed E-state index contributed by atoms with van der Waals surface area (Å²) >= 11 is 0. The van der Waals surface area contributed by atoms with E-state index in [-0.39, 0.29) is 30.7 Å². The molecule has 0 aliphatic rings. The summed E-state index contributed by atoms with van der Waals surface area (Å²) in [6.45, 7) is 8.42. The van der Waals surface area contributed by atoms with E-state index < -0.39 is 24.6 Å². The van der Waals surface area contributed by atoms with Crippen LogP contribution in [-0.2, 0) is 16.1 Å². The number of rotatable bonds is 13. The van der Waals surface area contributed by atoms with Crippen molar-refractivity contribution in [1.29, 1.82) is 0 Å². The van der Waals surface area contributed by atoms with Crippen LogP contribution in [0.1, 0.15) is 64.1 Å². The summed E-state index contributed by atoms with van der Waals surface area (Å²) in [5.41, 5.74) is 5.87. The van der Waals surface area contributed by atoms with Crippen molar-refractivity contribution >= 4 is 17.6 Å². The normalized spacial score (nSPS) is 13.3. The number of aliphatic hydroxyl groups excluding tert-OH is 2. The van der Waals surface area contributed by atoms with Crippen molar-refractivity contribution in [3.8, 4) is 22.4 Å². The average molecular weight is 601 g/mol. The second-order valence-electron chi connectivity index (χ2n) is 11.5. The van der Waals surface area contributed by atoms with E-state index in [0.717, 1.165) is 39.3 Å². The summed E-state index contributed by atoms with van der Waals surface area (Å²) in [5, 5.41) is 30.1. The van der Waals surface area contributed by atoms with Crippen LogP contribution in [0, 0.1) is 5.82 Å². The van der Waals surface area contributed by atoms with E-state index in [4.69, 9.17) is 14.8 Å². The lowest BCUT2D eigenvalue weighted by molar-refractivity contribution is -0.139. The molecule has 0 spiro atoms. The van der Waals surface area contributed by atoms with E-state index >= 15 is 0 Å². The van der Waals surface area contributed by atoms with Crippen LogP contribution < -0.4 is 0 Å². The Morgan fingerprint density at radius 1 is 0.864 bits per heavy atom. The highest BCUT2D eigenvalue weighted by Crippen LogP contribution is 2.43. The summed E-state index contributed by atoms with van der Waals surface area (Å²) in [5.74, 6) is -1.04. The lowest BCUT2D eigenvalue weighted by Crippen LogP contribution is -2.22. The smallest absolute Gasteiger partial charge is 0.305 e. The SMILES string of the molecule is CC(C)O/C(=N\c1ccccc1)c1c(-c2ccccc2)c(-c2ccc(F)cc2)n(CC[C@@H](O)C[C@@H](O)CC(=O)O)c1C(C)C. The number of aliphatic hydroxyl groups is 2. The van der Waals surface area contributed by atoms with Gasteiger partial charge in [-0.1, -0.05) is 62.4 Å². The molecule has 0 aliphatic heterocycles. The lowest BCUT2D eigenvalue weighted by atomic mass is 9.94. The molecule has 0 fully saturated rings. The molecular weight excluding hydrogens is 559 g/mol. The van der Waals surface area contributed by atoms with Gasteiger partial charge < -0.3 is 24.6 Å². The fourth-order valence-corrected chi connectivity index (χ4v) is 5.46. The maximum atomic E-state index is 14.2. The standard InChI is InChI=1S/C36H41FN2O5/c1-23(2)34-33(36(44-24(3)4)38-28-13-9-6-10-14-28)32(25-11-7-5-8-12-25)35(26-15-17-27(37)18-16-26)39(34)20-19-29(40)21-30(41)22-31(42)43/h5-18,23-24,29-30,40-41H,19-22H2,1-4H3,(H,42,43)/b38-36-/t29-,30-/m1/s1. The number of aliphatic imine (C=N–C) groups is 1. The average Bonchev–Trinajstić information content (AvgIpc) is 3.32. The number of aromatic nitrogens is 1. The van der Waals surface area contributed by atoms with E-state index in [1.54, 1.807) is 12.1 Å². The maximum Gasteiger partial charge on any atom is 0.305 e. The Kier molecular flexibility index (Phi) is 11.1. The first-order valence-corrected chi connectivity index (χ1v) is 15.0. The molecule has 2 atom stereocenters. The van der Waals surface area contributed by atoms with Crippen LogP contribution in [0.25, 0.3) is 22.4 Å². The van der Waals surface area contributed by atoms with E-state index in [1.165, 1.54) is 12.1 Å². The van der Waals surface area contributed by atoms with Crippen LogP contribution in [0.15, 0.2) is 89.9 Å². The van der Waals surface area contributed by atoms with E-state index in [1.807, 2.05) is 74.5 Å². The molecule has 1 aromatic heterocycles. The first-order valence-electron chi connectivity index (χ1n) is 15.0. The molecule has 44 heavy (non-hydrogen) atoms. The topological polar surface area (TPSA) is 104 Å². The Labute approximate surface area is 258 Å². The number of hydrogen-bond donors (Lipinski definition) is 3. The molecule has 0 saturated heterocycles. The van der Waals surface area contributed by atoms with E-state index in [0.29, 0.717) is 12.4 Å². The lowest BCUT2D eigenvalue weighted by Gasteiger charge is -2.20. The largest absolute Gasteiger partial charge is 0.481 e. The zero-order valence-electron chi connectivity index (χ0n) is 25.7. The predicted molar refractivity (Wildman–Crippen MR) is 172 cm³/mol. The highest BCUT2D eigenvalue weighted by atomic mass is 19.1. The summed E-state index contributed by atoms with van der Waals surface area (Å²) in [6, 6.07) is 25.9. The van der Waals surface area contributed by atoms with Crippen molar-refractivity contribution in [2.75, 3.05) is 0 Å². The van der Waals surface area contributed by atoms with Crippen molar-refractivity contribution in [3.05, 3.63) is 102 Å². The van der Waals surface area contributed by atoms with Gasteiger partial charge in [-0.25, -0.2) is 9.38 Å². The minimum atomic E-state index is -1.16. The number of hydrogen-bond acceptors (Lipinski definition) is 5. The number of carbonyl (C=O) groups is 1. The molecule has 0 aliphatic carbocycles. The Morgan fingerprint density at radius 2 is 1.48 bits per heavy atom. The van der Waals surface area contributed by atoms with E-state index in [2.05, 4.69) is 18.4 Å². The molecule has 1 heterocycles. The van der Waals surface area contributed by atoms with Crippen LogP contribution >= 0.6 is 0 Å². The third-order valence-electron chi connectivity index (χ3n) is 7.22. The third kappa shape index (κ3) is 8.21. The van der Waals surface area contributed by atoms with Crippen molar-refractivity contribution in [3.63, 3.8) is 0 Å². The number of aliphatic carboxylic acids is 1.